The van der Waals surface area contributed by atoms with Crippen LogP contribution in [0.15, 0.2) is 12.1 Å². The minimum absolute atomic E-state index is 0.518. The summed E-state index contributed by atoms with van der Waals surface area (Å²) >= 11 is 0. The monoisotopic (exact) mass is 215 g/mol. The third-order valence-corrected chi connectivity index (χ3v) is 2.94. The number of hydrogen-bond acceptors (Lipinski definition) is 1. The largest absolute Gasteiger partial charge is 0.316 e. The molecule has 0 heterocycles. The van der Waals surface area contributed by atoms with Crippen molar-refractivity contribution in [3.8, 4) is 0 Å². The molecule has 0 aliphatic carbocycles. The first-order valence-electron chi connectivity index (χ1n) is 6.04. The second kappa shape index (κ2) is 5.54. The summed E-state index contributed by atoms with van der Waals surface area (Å²) in [5.41, 5.74) is 5.05. The van der Waals surface area contributed by atoms with E-state index in [0.29, 0.717) is 11.8 Å². The Balaban J connectivity index is 3.35. The highest BCUT2D eigenvalue weighted by molar-refractivity contribution is 6.32. The summed E-state index contributed by atoms with van der Waals surface area (Å²) in [4.78, 5) is 0. The normalized spacial score (nSPS) is 11.4. The molecular weight excluding hydrogens is 193 g/mol. The molecule has 0 saturated carbocycles. The van der Waals surface area contributed by atoms with Crippen molar-refractivity contribution >= 4 is 13.3 Å². The topological polar surface area (TPSA) is 12.0 Å². The molecule has 0 spiro atoms. The van der Waals surface area contributed by atoms with E-state index >= 15 is 0 Å². The molecule has 0 saturated heterocycles. The van der Waals surface area contributed by atoms with Gasteiger partial charge in [-0.25, -0.2) is 0 Å². The van der Waals surface area contributed by atoms with Crippen LogP contribution >= 0.6 is 0 Å². The van der Waals surface area contributed by atoms with Crippen LogP contribution < -0.4 is 10.8 Å². The van der Waals surface area contributed by atoms with Crippen molar-refractivity contribution in [1.82, 2.24) is 5.32 Å². The number of hydrogen-bond donors (Lipinski definition) is 1. The maximum absolute atomic E-state index is 5.98. The van der Waals surface area contributed by atoms with E-state index in [9.17, 15) is 0 Å². The lowest BCUT2D eigenvalue weighted by Crippen LogP contribution is -2.17. The van der Waals surface area contributed by atoms with Crippen LogP contribution in [0.25, 0.3) is 0 Å². The summed E-state index contributed by atoms with van der Waals surface area (Å²) in [6, 6.07) is 4.23. The molecule has 16 heavy (non-hydrogen) atoms. The molecule has 0 unspecified atom stereocenters. The molecule has 0 bridgehead atoms. The van der Waals surface area contributed by atoms with Crippen molar-refractivity contribution in [3.05, 3.63) is 28.8 Å². The molecule has 1 rings (SSSR count). The van der Waals surface area contributed by atoms with Crippen molar-refractivity contribution in [2.24, 2.45) is 0 Å². The summed E-state index contributed by atoms with van der Waals surface area (Å²) in [5, 5.41) is 3.25. The lowest BCUT2D eigenvalue weighted by atomic mass is 9.82. The van der Waals surface area contributed by atoms with Gasteiger partial charge in [0, 0.05) is 6.54 Å². The number of nitrogens with one attached hydrogen (secondary N) is 1. The van der Waals surface area contributed by atoms with Crippen molar-refractivity contribution < 1.29 is 0 Å². The van der Waals surface area contributed by atoms with Gasteiger partial charge in [-0.3, -0.25) is 0 Å². The lowest BCUT2D eigenvalue weighted by Gasteiger charge is -2.21. The average Bonchev–Trinajstić information content (AvgIpc) is 2.19. The molecule has 2 radical (unpaired) electrons. The summed E-state index contributed by atoms with van der Waals surface area (Å²) in [5.74, 6) is 1.04. The van der Waals surface area contributed by atoms with Crippen LogP contribution in [0.5, 0.6) is 0 Å². The molecule has 0 aliphatic heterocycles. The van der Waals surface area contributed by atoms with Gasteiger partial charge in [-0.15, -0.1) is 0 Å². The maximum atomic E-state index is 5.98. The number of benzene rings is 1. The highest BCUT2D eigenvalue weighted by atomic mass is 14.8. The molecule has 1 N–H and O–H groups in total. The van der Waals surface area contributed by atoms with E-state index in [0.717, 1.165) is 12.0 Å². The van der Waals surface area contributed by atoms with Crippen molar-refractivity contribution in [3.63, 3.8) is 0 Å². The average molecular weight is 215 g/mol. The zero-order valence-electron chi connectivity index (χ0n) is 11.1. The van der Waals surface area contributed by atoms with Crippen molar-refractivity contribution in [2.45, 2.75) is 46.1 Å². The summed E-state index contributed by atoms with van der Waals surface area (Å²) in [6.07, 6.45) is 0. The molecule has 0 aliphatic rings. The Hall–Kier alpha value is -0.755. The Labute approximate surface area is 101 Å². The Morgan fingerprint density at radius 2 is 1.50 bits per heavy atom. The van der Waals surface area contributed by atoms with Gasteiger partial charge >= 0.3 is 0 Å². The fraction of sp³-hybridized carbons (Fsp3) is 0.571. The molecular formula is C14H22BN. The van der Waals surface area contributed by atoms with Gasteiger partial charge in [0.05, 0.1) is 0 Å². The molecule has 0 fully saturated rings. The van der Waals surface area contributed by atoms with E-state index in [1.165, 1.54) is 16.7 Å². The van der Waals surface area contributed by atoms with Crippen molar-refractivity contribution in [1.29, 1.82) is 0 Å². The van der Waals surface area contributed by atoms with Gasteiger partial charge in [-0.2, -0.15) is 0 Å². The van der Waals surface area contributed by atoms with E-state index in [-0.39, 0.29) is 0 Å². The minimum atomic E-state index is 0.518. The fourth-order valence-corrected chi connectivity index (χ4v) is 2.15. The Morgan fingerprint density at radius 3 is 1.81 bits per heavy atom. The highest BCUT2D eigenvalue weighted by Crippen LogP contribution is 2.26. The third-order valence-electron chi connectivity index (χ3n) is 2.94. The van der Waals surface area contributed by atoms with Gasteiger partial charge < -0.3 is 5.32 Å². The first-order valence-corrected chi connectivity index (χ1v) is 6.04. The van der Waals surface area contributed by atoms with E-state index in [1.807, 2.05) is 7.05 Å². The second-order valence-electron chi connectivity index (χ2n) is 5.02. The van der Waals surface area contributed by atoms with E-state index in [2.05, 4.69) is 45.1 Å². The minimum Gasteiger partial charge on any atom is -0.316 e. The summed E-state index contributed by atoms with van der Waals surface area (Å²) in [6.45, 7) is 9.80. The molecule has 1 aromatic carbocycles. The van der Waals surface area contributed by atoms with Crippen molar-refractivity contribution in [2.75, 3.05) is 7.05 Å². The first-order chi connectivity index (χ1) is 7.47. The lowest BCUT2D eigenvalue weighted by molar-refractivity contribution is 0.743. The molecule has 1 aromatic rings. The van der Waals surface area contributed by atoms with Crippen LogP contribution in [0.1, 0.15) is 56.2 Å². The van der Waals surface area contributed by atoms with Crippen LogP contribution in [-0.4, -0.2) is 14.9 Å². The quantitative estimate of drug-likeness (QED) is 0.760. The zero-order valence-corrected chi connectivity index (χ0v) is 11.1. The van der Waals surface area contributed by atoms with Crippen LogP contribution in [0, 0.1) is 0 Å². The molecule has 86 valence electrons. The summed E-state index contributed by atoms with van der Waals surface area (Å²) < 4.78 is 0. The Bertz CT molecular complexity index is 327. The van der Waals surface area contributed by atoms with Gasteiger partial charge in [0.2, 0.25) is 0 Å². The third kappa shape index (κ3) is 2.88. The predicted octanol–water partition coefficient (Wildman–Crippen LogP) is 2.45. The van der Waals surface area contributed by atoms with Gasteiger partial charge in [-0.1, -0.05) is 45.3 Å². The predicted molar refractivity (Wildman–Crippen MR) is 72.8 cm³/mol. The molecule has 0 atom stereocenters. The molecule has 1 nitrogen and oxygen atoms in total. The van der Waals surface area contributed by atoms with Crippen LogP contribution in [-0.2, 0) is 6.54 Å². The van der Waals surface area contributed by atoms with Gasteiger partial charge in [-0.05, 0) is 35.6 Å². The molecule has 0 aromatic heterocycles. The van der Waals surface area contributed by atoms with Crippen LogP contribution in [0.2, 0.25) is 0 Å². The van der Waals surface area contributed by atoms with Gasteiger partial charge in [0.25, 0.3) is 0 Å². The summed E-state index contributed by atoms with van der Waals surface area (Å²) in [7, 11) is 7.97. The van der Waals surface area contributed by atoms with Crippen LogP contribution in [0.4, 0.5) is 0 Å². The second-order valence-corrected chi connectivity index (χ2v) is 5.02. The van der Waals surface area contributed by atoms with E-state index in [1.54, 1.807) is 0 Å². The Kier molecular flexibility index (Phi) is 4.61. The van der Waals surface area contributed by atoms with Gasteiger partial charge in [0.15, 0.2) is 0 Å². The zero-order chi connectivity index (χ0) is 12.3. The first kappa shape index (κ1) is 13.3. The fourth-order valence-electron chi connectivity index (χ4n) is 2.15. The highest BCUT2D eigenvalue weighted by Gasteiger charge is 2.13. The SMILES string of the molecule is [B]c1cc(C(C)C)c(CNC)c(C(C)C)c1. The molecule has 2 heteroatoms. The van der Waals surface area contributed by atoms with Gasteiger partial charge in [0.1, 0.15) is 7.85 Å². The van der Waals surface area contributed by atoms with Crippen LogP contribution in [0.3, 0.4) is 0 Å². The molecule has 0 amide bonds. The smallest absolute Gasteiger partial charge is 0.113 e. The number of rotatable bonds is 4. The standard InChI is InChI=1S/C14H22BN/c1-9(2)12-6-11(15)7-13(10(3)4)14(12)8-16-5/h6-7,9-10,16H,8H2,1-5H3. The van der Waals surface area contributed by atoms with E-state index in [4.69, 9.17) is 7.85 Å². The Morgan fingerprint density at radius 1 is 1.06 bits per heavy atom. The maximum Gasteiger partial charge on any atom is 0.113 e. The van der Waals surface area contributed by atoms with E-state index < -0.39 is 0 Å².